The standard InChI is InChI=1S/C6H8BClS/c1-7(2)5-3-4-6(8)9-5/h3-4H,1-2H3. The zero-order chi connectivity index (χ0) is 6.85. The van der Waals surface area contributed by atoms with Crippen molar-refractivity contribution >= 4 is 34.4 Å². The third kappa shape index (κ3) is 1.73. The summed E-state index contributed by atoms with van der Waals surface area (Å²) in [7, 11) is 0. The second-order valence-electron chi connectivity index (χ2n) is 2.30. The van der Waals surface area contributed by atoms with Gasteiger partial charge in [0.15, 0.2) is 6.71 Å². The van der Waals surface area contributed by atoms with Gasteiger partial charge in [-0.15, -0.1) is 11.3 Å². The van der Waals surface area contributed by atoms with Gasteiger partial charge in [-0.1, -0.05) is 31.3 Å². The molecule has 9 heavy (non-hydrogen) atoms. The van der Waals surface area contributed by atoms with Gasteiger partial charge in [0.25, 0.3) is 0 Å². The maximum Gasteiger partial charge on any atom is 0.182 e. The highest BCUT2D eigenvalue weighted by atomic mass is 35.5. The fourth-order valence-electron chi connectivity index (χ4n) is 0.639. The first-order valence-corrected chi connectivity index (χ1v) is 4.15. The van der Waals surface area contributed by atoms with Gasteiger partial charge in [-0.3, -0.25) is 0 Å². The largest absolute Gasteiger partial charge is 0.182 e. The number of halogens is 1. The van der Waals surface area contributed by atoms with E-state index in [4.69, 9.17) is 11.6 Å². The van der Waals surface area contributed by atoms with Gasteiger partial charge in [-0.2, -0.15) is 0 Å². The summed E-state index contributed by atoms with van der Waals surface area (Å²) in [4.78, 5) is 0. The molecule has 0 radical (unpaired) electrons. The topological polar surface area (TPSA) is 0 Å². The minimum absolute atomic E-state index is 0.613. The van der Waals surface area contributed by atoms with Crippen molar-refractivity contribution in [1.82, 2.24) is 0 Å². The molecule has 0 aromatic carbocycles. The van der Waals surface area contributed by atoms with E-state index in [1.165, 1.54) is 4.78 Å². The van der Waals surface area contributed by atoms with Gasteiger partial charge in [-0.25, -0.2) is 0 Å². The van der Waals surface area contributed by atoms with E-state index in [0.29, 0.717) is 6.71 Å². The Hall–Kier alpha value is 0.0549. The Morgan fingerprint density at radius 1 is 1.44 bits per heavy atom. The molecule has 0 nitrogen and oxygen atoms in total. The Labute approximate surface area is 64.9 Å². The van der Waals surface area contributed by atoms with Crippen molar-refractivity contribution in [3.8, 4) is 0 Å². The minimum atomic E-state index is 0.613. The molecule has 1 heterocycles. The summed E-state index contributed by atoms with van der Waals surface area (Å²) in [5, 5.41) is 0. The van der Waals surface area contributed by atoms with Crippen LogP contribution in [0.5, 0.6) is 0 Å². The van der Waals surface area contributed by atoms with Crippen molar-refractivity contribution in [2.45, 2.75) is 13.6 Å². The predicted molar refractivity (Wildman–Crippen MR) is 46.4 cm³/mol. The SMILES string of the molecule is CB(C)c1ccc(Cl)s1. The van der Waals surface area contributed by atoms with Gasteiger partial charge in [0.05, 0.1) is 4.34 Å². The van der Waals surface area contributed by atoms with Crippen LogP contribution in [0.2, 0.25) is 18.0 Å². The molecule has 0 aliphatic carbocycles. The molecule has 1 rings (SSSR count). The van der Waals surface area contributed by atoms with E-state index in [2.05, 4.69) is 19.7 Å². The molecule has 0 bridgehead atoms. The summed E-state index contributed by atoms with van der Waals surface area (Å²) in [6, 6.07) is 4.03. The molecule has 0 amide bonds. The molecule has 1 aromatic heterocycles. The summed E-state index contributed by atoms with van der Waals surface area (Å²) in [5.74, 6) is 0. The van der Waals surface area contributed by atoms with Crippen molar-refractivity contribution in [1.29, 1.82) is 0 Å². The quantitative estimate of drug-likeness (QED) is 0.551. The third-order valence-corrected chi connectivity index (χ3v) is 2.69. The monoisotopic (exact) mass is 158 g/mol. The first-order valence-electron chi connectivity index (χ1n) is 2.95. The van der Waals surface area contributed by atoms with E-state index >= 15 is 0 Å². The van der Waals surface area contributed by atoms with Crippen LogP contribution >= 0.6 is 22.9 Å². The molecule has 0 saturated heterocycles. The number of hydrogen-bond donors (Lipinski definition) is 0. The van der Waals surface area contributed by atoms with Crippen LogP contribution in [0.4, 0.5) is 0 Å². The first-order chi connectivity index (χ1) is 4.20. The molecule has 1 aromatic rings. The first kappa shape index (κ1) is 7.17. The highest BCUT2D eigenvalue weighted by Gasteiger charge is 2.04. The lowest BCUT2D eigenvalue weighted by atomic mass is 9.54. The summed E-state index contributed by atoms with van der Waals surface area (Å²) in [6.07, 6.45) is 0. The molecule has 0 aliphatic heterocycles. The lowest BCUT2D eigenvalue weighted by Gasteiger charge is -1.91. The van der Waals surface area contributed by atoms with Crippen molar-refractivity contribution in [2.75, 3.05) is 0 Å². The van der Waals surface area contributed by atoms with Gasteiger partial charge in [0.1, 0.15) is 0 Å². The van der Waals surface area contributed by atoms with Crippen molar-refractivity contribution in [3.63, 3.8) is 0 Å². The fraction of sp³-hybridized carbons (Fsp3) is 0.333. The summed E-state index contributed by atoms with van der Waals surface area (Å²) in [6.45, 7) is 4.95. The Bertz CT molecular complexity index is 195. The molecule has 3 heteroatoms. The second kappa shape index (κ2) is 2.76. The Balaban J connectivity index is 2.85. The van der Waals surface area contributed by atoms with E-state index in [-0.39, 0.29) is 0 Å². The molecule has 0 N–H and O–H groups in total. The highest BCUT2D eigenvalue weighted by Crippen LogP contribution is 2.13. The molecule has 48 valence electrons. The van der Waals surface area contributed by atoms with Crippen LogP contribution < -0.4 is 4.78 Å². The normalized spacial score (nSPS) is 9.67. The van der Waals surface area contributed by atoms with E-state index in [1.807, 2.05) is 6.07 Å². The Kier molecular flexibility index (Phi) is 2.20. The average Bonchev–Trinajstić information content (AvgIpc) is 2.14. The van der Waals surface area contributed by atoms with Gasteiger partial charge < -0.3 is 0 Å². The van der Waals surface area contributed by atoms with E-state index in [9.17, 15) is 0 Å². The van der Waals surface area contributed by atoms with Gasteiger partial charge in [0.2, 0.25) is 0 Å². The zero-order valence-corrected chi connectivity index (χ0v) is 7.09. The van der Waals surface area contributed by atoms with Crippen molar-refractivity contribution in [2.24, 2.45) is 0 Å². The van der Waals surface area contributed by atoms with Crippen LogP contribution in [-0.4, -0.2) is 6.71 Å². The van der Waals surface area contributed by atoms with Gasteiger partial charge in [-0.05, 0) is 10.8 Å². The van der Waals surface area contributed by atoms with Crippen molar-refractivity contribution < 1.29 is 0 Å². The minimum Gasteiger partial charge on any atom is -0.138 e. The van der Waals surface area contributed by atoms with E-state index in [0.717, 1.165) is 4.34 Å². The summed E-state index contributed by atoms with van der Waals surface area (Å²) >= 11 is 7.38. The smallest absolute Gasteiger partial charge is 0.138 e. The van der Waals surface area contributed by atoms with Crippen LogP contribution in [0, 0.1) is 0 Å². The fourth-order valence-corrected chi connectivity index (χ4v) is 1.70. The maximum atomic E-state index is 5.72. The Morgan fingerprint density at radius 2 is 2.11 bits per heavy atom. The number of thiophene rings is 1. The third-order valence-electron chi connectivity index (χ3n) is 1.16. The summed E-state index contributed by atoms with van der Waals surface area (Å²) < 4.78 is 2.25. The van der Waals surface area contributed by atoms with E-state index in [1.54, 1.807) is 11.3 Å². The van der Waals surface area contributed by atoms with Crippen LogP contribution in [0.3, 0.4) is 0 Å². The van der Waals surface area contributed by atoms with E-state index < -0.39 is 0 Å². The average molecular weight is 158 g/mol. The molecule has 0 unspecified atom stereocenters. The van der Waals surface area contributed by atoms with Gasteiger partial charge >= 0.3 is 0 Å². The zero-order valence-electron chi connectivity index (χ0n) is 5.52. The van der Waals surface area contributed by atoms with Crippen LogP contribution in [-0.2, 0) is 0 Å². The summed E-state index contributed by atoms with van der Waals surface area (Å²) in [5.41, 5.74) is 0. The maximum absolute atomic E-state index is 5.72. The lowest BCUT2D eigenvalue weighted by molar-refractivity contribution is 1.97. The molecule has 0 spiro atoms. The molecular formula is C6H8BClS. The lowest BCUT2D eigenvalue weighted by Crippen LogP contribution is -2.17. The number of rotatable bonds is 1. The molecule has 0 aliphatic rings. The Morgan fingerprint density at radius 3 is 2.33 bits per heavy atom. The van der Waals surface area contributed by atoms with Crippen LogP contribution in [0.1, 0.15) is 0 Å². The van der Waals surface area contributed by atoms with Gasteiger partial charge in [0, 0.05) is 0 Å². The predicted octanol–water partition coefficient (Wildman–Crippen LogP) is 2.36. The molecular weight excluding hydrogens is 150 g/mol. The second-order valence-corrected chi connectivity index (χ2v) is 4.04. The molecule has 0 atom stereocenters. The van der Waals surface area contributed by atoms with Crippen LogP contribution in [0.25, 0.3) is 0 Å². The molecule has 0 fully saturated rings. The highest BCUT2D eigenvalue weighted by molar-refractivity contribution is 7.26. The van der Waals surface area contributed by atoms with Crippen LogP contribution in [0.15, 0.2) is 12.1 Å². The van der Waals surface area contributed by atoms with Crippen molar-refractivity contribution in [3.05, 3.63) is 16.5 Å². The number of hydrogen-bond acceptors (Lipinski definition) is 1. The molecule has 0 saturated carbocycles.